The predicted molar refractivity (Wildman–Crippen MR) is 76.0 cm³/mol. The summed E-state index contributed by atoms with van der Waals surface area (Å²) in [5.74, 6) is 0.926. The molecule has 102 valence electrons. The van der Waals surface area contributed by atoms with Crippen LogP contribution in [-0.2, 0) is 20.1 Å². The minimum absolute atomic E-state index is 0.206. The van der Waals surface area contributed by atoms with E-state index in [1.54, 1.807) is 0 Å². The second-order valence-corrected chi connectivity index (χ2v) is 4.86. The number of nitrogens with one attached hydrogen (secondary N) is 1. The van der Waals surface area contributed by atoms with E-state index in [1.165, 1.54) is 11.3 Å². The summed E-state index contributed by atoms with van der Waals surface area (Å²) in [7, 11) is 1.95. The van der Waals surface area contributed by atoms with E-state index in [1.807, 2.05) is 50.0 Å². The third-order valence-electron chi connectivity index (χ3n) is 2.83. The Hall–Kier alpha value is -1.81. The van der Waals surface area contributed by atoms with E-state index in [9.17, 15) is 0 Å². The molecule has 0 unspecified atom stereocenters. The molecule has 0 saturated heterocycles. The highest BCUT2D eigenvalue weighted by Gasteiger charge is 2.01. The van der Waals surface area contributed by atoms with Gasteiger partial charge in [0.25, 0.3) is 0 Å². The van der Waals surface area contributed by atoms with Crippen LogP contribution in [0.15, 0.2) is 36.5 Å². The molecule has 0 aliphatic rings. The summed E-state index contributed by atoms with van der Waals surface area (Å²) in [6.45, 7) is 5.70. The smallest absolute Gasteiger partial charge is 0.120 e. The van der Waals surface area contributed by atoms with E-state index in [0.29, 0.717) is 0 Å². The SMILES string of the molecule is CC(C)Oc1cccc(CNCc2ccnn2C)c1. The summed E-state index contributed by atoms with van der Waals surface area (Å²) in [6.07, 6.45) is 2.02. The van der Waals surface area contributed by atoms with Gasteiger partial charge in [-0.2, -0.15) is 5.10 Å². The second-order valence-electron chi connectivity index (χ2n) is 4.86. The van der Waals surface area contributed by atoms with Crippen molar-refractivity contribution in [2.45, 2.75) is 33.0 Å². The maximum absolute atomic E-state index is 5.68. The van der Waals surface area contributed by atoms with Crippen LogP contribution in [0.2, 0.25) is 0 Å². The zero-order valence-corrected chi connectivity index (χ0v) is 11.8. The van der Waals surface area contributed by atoms with Gasteiger partial charge in [-0.1, -0.05) is 12.1 Å². The maximum atomic E-state index is 5.68. The Morgan fingerprint density at radius 3 is 2.79 bits per heavy atom. The van der Waals surface area contributed by atoms with Gasteiger partial charge in [0.05, 0.1) is 11.8 Å². The van der Waals surface area contributed by atoms with Crippen molar-refractivity contribution < 1.29 is 4.74 Å². The average Bonchev–Trinajstić information content (AvgIpc) is 2.75. The van der Waals surface area contributed by atoms with Crippen LogP contribution in [0.4, 0.5) is 0 Å². The number of ether oxygens (including phenoxy) is 1. The number of nitrogens with zero attached hydrogens (tertiary/aromatic N) is 2. The van der Waals surface area contributed by atoms with Crippen LogP contribution in [-0.4, -0.2) is 15.9 Å². The molecule has 1 N–H and O–H groups in total. The van der Waals surface area contributed by atoms with E-state index in [2.05, 4.69) is 22.5 Å². The second kappa shape index (κ2) is 6.38. The molecule has 4 nitrogen and oxygen atoms in total. The molecule has 0 saturated carbocycles. The molecule has 0 spiro atoms. The summed E-state index contributed by atoms with van der Waals surface area (Å²) in [6, 6.07) is 10.2. The van der Waals surface area contributed by atoms with Crippen molar-refractivity contribution in [1.82, 2.24) is 15.1 Å². The van der Waals surface area contributed by atoms with Crippen LogP contribution in [0.5, 0.6) is 5.75 Å². The topological polar surface area (TPSA) is 39.1 Å². The Labute approximate surface area is 114 Å². The minimum atomic E-state index is 0.206. The molecule has 1 aromatic heterocycles. The van der Waals surface area contributed by atoms with Crippen LogP contribution in [0.25, 0.3) is 0 Å². The first-order chi connectivity index (χ1) is 9.15. The molecule has 1 aromatic carbocycles. The zero-order chi connectivity index (χ0) is 13.7. The fourth-order valence-electron chi connectivity index (χ4n) is 1.91. The first-order valence-electron chi connectivity index (χ1n) is 6.58. The van der Waals surface area contributed by atoms with Crippen LogP contribution >= 0.6 is 0 Å². The summed E-state index contributed by atoms with van der Waals surface area (Å²) in [4.78, 5) is 0. The quantitative estimate of drug-likeness (QED) is 0.866. The molecule has 2 aromatic rings. The highest BCUT2D eigenvalue weighted by molar-refractivity contribution is 5.28. The normalized spacial score (nSPS) is 10.9. The van der Waals surface area contributed by atoms with Gasteiger partial charge in [0.2, 0.25) is 0 Å². The highest BCUT2D eigenvalue weighted by atomic mass is 16.5. The predicted octanol–water partition coefficient (Wildman–Crippen LogP) is 2.50. The van der Waals surface area contributed by atoms with Gasteiger partial charge in [-0.25, -0.2) is 0 Å². The molecule has 2 rings (SSSR count). The van der Waals surface area contributed by atoms with Gasteiger partial charge in [-0.3, -0.25) is 4.68 Å². The number of aryl methyl sites for hydroxylation is 1. The van der Waals surface area contributed by atoms with Gasteiger partial charge in [0.15, 0.2) is 0 Å². The van der Waals surface area contributed by atoms with Gasteiger partial charge in [0, 0.05) is 26.3 Å². The number of rotatable bonds is 6. The lowest BCUT2D eigenvalue weighted by molar-refractivity contribution is 0.242. The Morgan fingerprint density at radius 2 is 2.11 bits per heavy atom. The lowest BCUT2D eigenvalue weighted by Crippen LogP contribution is -2.15. The molecule has 0 atom stereocenters. The van der Waals surface area contributed by atoms with Crippen molar-refractivity contribution in [2.24, 2.45) is 7.05 Å². The maximum Gasteiger partial charge on any atom is 0.120 e. The van der Waals surface area contributed by atoms with Gasteiger partial charge in [0.1, 0.15) is 5.75 Å². The van der Waals surface area contributed by atoms with Crippen molar-refractivity contribution in [3.63, 3.8) is 0 Å². The standard InChI is InChI=1S/C15H21N3O/c1-12(2)19-15-6-4-5-13(9-15)10-16-11-14-7-8-17-18(14)3/h4-9,12,16H,10-11H2,1-3H3. The molecular weight excluding hydrogens is 238 g/mol. The van der Waals surface area contributed by atoms with Gasteiger partial charge < -0.3 is 10.1 Å². The summed E-state index contributed by atoms with van der Waals surface area (Å²) < 4.78 is 7.56. The van der Waals surface area contributed by atoms with Gasteiger partial charge >= 0.3 is 0 Å². The molecule has 0 fully saturated rings. The number of hydrogen-bond donors (Lipinski definition) is 1. The van der Waals surface area contributed by atoms with Crippen molar-refractivity contribution in [3.8, 4) is 5.75 Å². The fraction of sp³-hybridized carbons (Fsp3) is 0.400. The van der Waals surface area contributed by atoms with E-state index in [0.717, 1.165) is 18.8 Å². The van der Waals surface area contributed by atoms with Crippen molar-refractivity contribution >= 4 is 0 Å². The number of hydrogen-bond acceptors (Lipinski definition) is 3. The van der Waals surface area contributed by atoms with E-state index >= 15 is 0 Å². The summed E-state index contributed by atoms with van der Waals surface area (Å²) >= 11 is 0. The average molecular weight is 259 g/mol. The van der Waals surface area contributed by atoms with Gasteiger partial charge in [-0.15, -0.1) is 0 Å². The van der Waals surface area contributed by atoms with Crippen LogP contribution in [0.1, 0.15) is 25.1 Å². The fourth-order valence-corrected chi connectivity index (χ4v) is 1.91. The molecule has 0 radical (unpaired) electrons. The van der Waals surface area contributed by atoms with Crippen molar-refractivity contribution in [1.29, 1.82) is 0 Å². The summed E-state index contributed by atoms with van der Waals surface area (Å²) in [5, 5.41) is 7.55. The molecule has 0 aliphatic carbocycles. The Bertz CT molecular complexity index is 520. The molecule has 19 heavy (non-hydrogen) atoms. The summed E-state index contributed by atoms with van der Waals surface area (Å²) in [5.41, 5.74) is 2.40. The molecule has 0 aliphatic heterocycles. The van der Waals surface area contributed by atoms with Crippen LogP contribution < -0.4 is 10.1 Å². The minimum Gasteiger partial charge on any atom is -0.491 e. The monoisotopic (exact) mass is 259 g/mol. The molecule has 0 bridgehead atoms. The Morgan fingerprint density at radius 1 is 1.26 bits per heavy atom. The first-order valence-corrected chi connectivity index (χ1v) is 6.58. The van der Waals surface area contributed by atoms with E-state index < -0.39 is 0 Å². The Balaban J connectivity index is 1.87. The van der Waals surface area contributed by atoms with Crippen molar-refractivity contribution in [2.75, 3.05) is 0 Å². The Kier molecular flexibility index (Phi) is 4.58. The first kappa shape index (κ1) is 13.6. The molecular formula is C15H21N3O. The number of benzene rings is 1. The molecule has 4 heteroatoms. The van der Waals surface area contributed by atoms with E-state index in [-0.39, 0.29) is 6.10 Å². The third-order valence-corrected chi connectivity index (χ3v) is 2.83. The van der Waals surface area contributed by atoms with Crippen molar-refractivity contribution in [3.05, 3.63) is 47.8 Å². The van der Waals surface area contributed by atoms with Crippen LogP contribution in [0.3, 0.4) is 0 Å². The van der Waals surface area contributed by atoms with Crippen LogP contribution in [0, 0.1) is 0 Å². The zero-order valence-electron chi connectivity index (χ0n) is 11.8. The number of aromatic nitrogens is 2. The highest BCUT2D eigenvalue weighted by Crippen LogP contribution is 2.14. The molecule has 1 heterocycles. The lowest BCUT2D eigenvalue weighted by Gasteiger charge is -2.11. The molecule has 0 amide bonds. The largest absolute Gasteiger partial charge is 0.491 e. The third kappa shape index (κ3) is 4.10. The van der Waals surface area contributed by atoms with Gasteiger partial charge in [-0.05, 0) is 37.6 Å². The lowest BCUT2D eigenvalue weighted by atomic mass is 10.2. The van der Waals surface area contributed by atoms with E-state index in [4.69, 9.17) is 4.74 Å².